The highest BCUT2D eigenvalue weighted by atomic mass is 35.5. The van der Waals surface area contributed by atoms with E-state index in [2.05, 4.69) is 10.6 Å². The maximum atomic E-state index is 12.1. The zero-order valence-electron chi connectivity index (χ0n) is 11.7. The number of urea groups is 1. The van der Waals surface area contributed by atoms with Gasteiger partial charge < -0.3 is 15.5 Å². The summed E-state index contributed by atoms with van der Waals surface area (Å²) in [4.78, 5) is 23.4. The number of nitrogens with one attached hydrogen (secondary N) is 2. The molecule has 1 aromatic rings. The SMILES string of the molecule is CN(CC(F)(F)F)C(=O)CNC(=O)NCc1ccc(Cl)cc1. The molecule has 5 nitrogen and oxygen atoms in total. The molecule has 0 saturated heterocycles. The van der Waals surface area contributed by atoms with Gasteiger partial charge in [-0.25, -0.2) is 4.79 Å². The number of carbonyl (C=O) groups excluding carboxylic acids is 2. The Morgan fingerprint density at radius 1 is 1.18 bits per heavy atom. The maximum absolute atomic E-state index is 12.1. The van der Waals surface area contributed by atoms with Gasteiger partial charge in [-0.3, -0.25) is 4.79 Å². The minimum Gasteiger partial charge on any atom is -0.335 e. The third-order valence-corrected chi connectivity index (χ3v) is 2.86. The molecule has 0 radical (unpaired) electrons. The maximum Gasteiger partial charge on any atom is 0.406 e. The fraction of sp³-hybridized carbons (Fsp3) is 0.385. The standard InChI is InChI=1S/C13H15ClF3N3O2/c1-20(8-13(15,16)17)11(21)7-19-12(22)18-6-9-2-4-10(14)5-3-9/h2-5H,6-8H2,1H3,(H2,18,19,22). The van der Waals surface area contributed by atoms with E-state index in [1.165, 1.54) is 0 Å². The first-order chi connectivity index (χ1) is 10.2. The molecule has 1 aromatic carbocycles. The zero-order chi connectivity index (χ0) is 16.8. The second kappa shape index (κ2) is 7.88. The van der Waals surface area contributed by atoms with Crippen LogP contribution in [0.1, 0.15) is 5.56 Å². The smallest absolute Gasteiger partial charge is 0.335 e. The average Bonchev–Trinajstić information content (AvgIpc) is 2.42. The fourth-order valence-electron chi connectivity index (χ4n) is 1.50. The predicted molar refractivity (Wildman–Crippen MR) is 75.4 cm³/mol. The number of hydrogen-bond acceptors (Lipinski definition) is 2. The minimum atomic E-state index is -4.47. The number of alkyl halides is 3. The van der Waals surface area contributed by atoms with Crippen LogP contribution in [0.25, 0.3) is 0 Å². The molecule has 9 heteroatoms. The van der Waals surface area contributed by atoms with Gasteiger partial charge in [0.15, 0.2) is 0 Å². The summed E-state index contributed by atoms with van der Waals surface area (Å²) >= 11 is 5.71. The van der Waals surface area contributed by atoms with Gasteiger partial charge in [-0.15, -0.1) is 0 Å². The lowest BCUT2D eigenvalue weighted by molar-refractivity contribution is -0.157. The molecule has 0 aliphatic rings. The van der Waals surface area contributed by atoms with Crippen molar-refractivity contribution >= 4 is 23.5 Å². The van der Waals surface area contributed by atoms with E-state index in [0.29, 0.717) is 9.92 Å². The largest absolute Gasteiger partial charge is 0.406 e. The van der Waals surface area contributed by atoms with Gasteiger partial charge in [0.1, 0.15) is 6.54 Å². The Morgan fingerprint density at radius 3 is 2.32 bits per heavy atom. The molecule has 0 aromatic heterocycles. The Hall–Kier alpha value is -1.96. The molecule has 22 heavy (non-hydrogen) atoms. The van der Waals surface area contributed by atoms with Crippen molar-refractivity contribution in [1.29, 1.82) is 0 Å². The number of carbonyl (C=O) groups is 2. The summed E-state index contributed by atoms with van der Waals surface area (Å²) in [6, 6.07) is 6.09. The Labute approximate surface area is 130 Å². The van der Waals surface area contributed by atoms with Crippen molar-refractivity contribution in [1.82, 2.24) is 15.5 Å². The van der Waals surface area contributed by atoms with Crippen molar-refractivity contribution in [3.05, 3.63) is 34.9 Å². The molecule has 122 valence electrons. The van der Waals surface area contributed by atoms with E-state index in [0.717, 1.165) is 12.6 Å². The van der Waals surface area contributed by atoms with Crippen molar-refractivity contribution in [2.45, 2.75) is 12.7 Å². The van der Waals surface area contributed by atoms with Gasteiger partial charge in [0.2, 0.25) is 5.91 Å². The third-order valence-electron chi connectivity index (χ3n) is 2.61. The summed E-state index contributed by atoms with van der Waals surface area (Å²) in [7, 11) is 1.02. The molecule has 0 heterocycles. The summed E-state index contributed by atoms with van der Waals surface area (Å²) in [5.41, 5.74) is 0.792. The van der Waals surface area contributed by atoms with Gasteiger partial charge in [0, 0.05) is 18.6 Å². The number of amides is 3. The van der Waals surface area contributed by atoms with Crippen molar-refractivity contribution < 1.29 is 22.8 Å². The topological polar surface area (TPSA) is 61.4 Å². The molecule has 0 aliphatic heterocycles. The van der Waals surface area contributed by atoms with Crippen LogP contribution in [0.5, 0.6) is 0 Å². The van der Waals surface area contributed by atoms with E-state index in [1.54, 1.807) is 24.3 Å². The Morgan fingerprint density at radius 2 is 1.77 bits per heavy atom. The lowest BCUT2D eigenvalue weighted by Crippen LogP contribution is -2.44. The molecule has 0 spiro atoms. The van der Waals surface area contributed by atoms with E-state index in [1.807, 2.05) is 0 Å². The van der Waals surface area contributed by atoms with Crippen molar-refractivity contribution in [3.63, 3.8) is 0 Å². The lowest BCUT2D eigenvalue weighted by Gasteiger charge is -2.19. The van der Waals surface area contributed by atoms with Crippen LogP contribution in [0, 0.1) is 0 Å². The monoisotopic (exact) mass is 337 g/mol. The summed E-state index contributed by atoms with van der Waals surface area (Å²) in [5.74, 6) is -0.834. The van der Waals surface area contributed by atoms with Crippen molar-refractivity contribution in [2.75, 3.05) is 20.1 Å². The van der Waals surface area contributed by atoms with Crippen LogP contribution in [-0.4, -0.2) is 43.2 Å². The van der Waals surface area contributed by atoms with Crippen LogP contribution in [0.3, 0.4) is 0 Å². The summed E-state index contributed by atoms with van der Waals surface area (Å²) in [6.07, 6.45) is -4.47. The summed E-state index contributed by atoms with van der Waals surface area (Å²) < 4.78 is 36.3. The van der Waals surface area contributed by atoms with Gasteiger partial charge in [0.25, 0.3) is 0 Å². The molecule has 0 bridgehead atoms. The Kier molecular flexibility index (Phi) is 6.48. The molecule has 2 N–H and O–H groups in total. The Balaban J connectivity index is 2.30. The number of hydrogen-bond donors (Lipinski definition) is 2. The first-order valence-corrected chi connectivity index (χ1v) is 6.62. The minimum absolute atomic E-state index is 0.204. The third kappa shape index (κ3) is 7.16. The summed E-state index contributed by atoms with van der Waals surface area (Å²) in [6.45, 7) is -1.67. The molecule has 1 rings (SSSR count). The summed E-state index contributed by atoms with van der Waals surface area (Å²) in [5, 5.41) is 5.23. The molecule has 0 saturated carbocycles. The second-order valence-corrected chi connectivity index (χ2v) is 4.96. The van der Waals surface area contributed by atoms with E-state index in [9.17, 15) is 22.8 Å². The van der Waals surface area contributed by atoms with E-state index < -0.39 is 31.2 Å². The number of halogens is 4. The molecular weight excluding hydrogens is 323 g/mol. The van der Waals surface area contributed by atoms with Crippen LogP contribution in [0.2, 0.25) is 5.02 Å². The van der Waals surface area contributed by atoms with Crippen LogP contribution >= 0.6 is 11.6 Å². The van der Waals surface area contributed by atoms with Gasteiger partial charge in [-0.2, -0.15) is 13.2 Å². The molecule has 3 amide bonds. The first-order valence-electron chi connectivity index (χ1n) is 6.24. The van der Waals surface area contributed by atoms with Gasteiger partial charge in [-0.1, -0.05) is 23.7 Å². The number of benzene rings is 1. The lowest BCUT2D eigenvalue weighted by atomic mass is 10.2. The van der Waals surface area contributed by atoms with Gasteiger partial charge in [0.05, 0.1) is 6.54 Å². The average molecular weight is 338 g/mol. The first kappa shape index (κ1) is 18.1. The van der Waals surface area contributed by atoms with E-state index >= 15 is 0 Å². The molecular formula is C13H15ClF3N3O2. The molecule has 0 atom stereocenters. The Bertz CT molecular complexity index is 520. The highest BCUT2D eigenvalue weighted by Gasteiger charge is 2.31. The number of nitrogens with zero attached hydrogens (tertiary/aromatic N) is 1. The fourth-order valence-corrected chi connectivity index (χ4v) is 1.62. The highest BCUT2D eigenvalue weighted by Crippen LogP contribution is 2.15. The molecule has 0 fully saturated rings. The molecule has 0 aliphatic carbocycles. The van der Waals surface area contributed by atoms with Crippen molar-refractivity contribution in [3.8, 4) is 0 Å². The van der Waals surface area contributed by atoms with Crippen LogP contribution in [0.15, 0.2) is 24.3 Å². The highest BCUT2D eigenvalue weighted by molar-refractivity contribution is 6.30. The molecule has 0 unspecified atom stereocenters. The van der Waals surface area contributed by atoms with E-state index in [4.69, 9.17) is 11.6 Å². The quantitative estimate of drug-likeness (QED) is 0.865. The normalized spacial score (nSPS) is 11.0. The zero-order valence-corrected chi connectivity index (χ0v) is 12.5. The number of rotatable bonds is 5. The van der Waals surface area contributed by atoms with Crippen molar-refractivity contribution in [2.24, 2.45) is 0 Å². The second-order valence-electron chi connectivity index (χ2n) is 4.53. The van der Waals surface area contributed by atoms with Crippen LogP contribution < -0.4 is 10.6 Å². The van der Waals surface area contributed by atoms with Crippen LogP contribution in [0.4, 0.5) is 18.0 Å². The van der Waals surface area contributed by atoms with E-state index in [-0.39, 0.29) is 6.54 Å². The number of likely N-dealkylation sites (N-methyl/N-ethyl adjacent to an activating group) is 1. The van der Waals surface area contributed by atoms with Crippen LogP contribution in [-0.2, 0) is 11.3 Å². The van der Waals surface area contributed by atoms with Gasteiger partial charge in [-0.05, 0) is 17.7 Å². The van der Waals surface area contributed by atoms with Gasteiger partial charge >= 0.3 is 12.2 Å². The predicted octanol–water partition coefficient (Wildman–Crippen LogP) is 2.16.